The maximum Gasteiger partial charge on any atom is 0.251 e. The highest BCUT2D eigenvalue weighted by molar-refractivity contribution is 6.36. The molecule has 2 atom stereocenters. The lowest BCUT2D eigenvalue weighted by atomic mass is 9.98. The van der Waals surface area contributed by atoms with E-state index in [0.29, 0.717) is 12.0 Å². The summed E-state index contributed by atoms with van der Waals surface area (Å²) in [5.41, 5.74) is 12.1. The van der Waals surface area contributed by atoms with Gasteiger partial charge in [-0.2, -0.15) is 0 Å². The Morgan fingerprint density at radius 1 is 1.10 bits per heavy atom. The second kappa shape index (κ2) is 12.2. The number of nitrogens with zero attached hydrogens (tertiary/aromatic N) is 2. The smallest absolute Gasteiger partial charge is 0.251 e. The van der Waals surface area contributed by atoms with Crippen LogP contribution in [-0.2, 0) is 11.2 Å². The van der Waals surface area contributed by atoms with Crippen molar-refractivity contribution in [3.8, 4) is 17.0 Å². The van der Waals surface area contributed by atoms with E-state index < -0.39 is 6.04 Å². The molecule has 0 fully saturated rings. The largest absolute Gasteiger partial charge is 0.491 e. The Bertz CT molecular complexity index is 1460. The zero-order valence-corrected chi connectivity index (χ0v) is 23.2. The van der Waals surface area contributed by atoms with Crippen molar-refractivity contribution in [1.82, 2.24) is 20.0 Å². The summed E-state index contributed by atoms with van der Waals surface area (Å²) >= 11 is 0. The minimum atomic E-state index is -0.633. The van der Waals surface area contributed by atoms with Crippen LogP contribution in [-0.4, -0.2) is 53.8 Å². The van der Waals surface area contributed by atoms with Crippen LogP contribution in [0.15, 0.2) is 67.0 Å². The lowest BCUT2D eigenvalue weighted by molar-refractivity contribution is -0.122. The Morgan fingerprint density at radius 2 is 1.85 bits per heavy atom. The number of carbonyl (C=O) groups excluding carboxylic acids is 2. The topological polar surface area (TPSA) is 111 Å². The Kier molecular flexibility index (Phi) is 8.71. The highest BCUT2D eigenvalue weighted by Gasteiger charge is 2.18. The fourth-order valence-electron chi connectivity index (χ4n) is 4.39. The molecule has 9 heteroatoms. The second-order valence-electron chi connectivity index (χ2n) is 10.3. The minimum absolute atomic E-state index is 0.0458. The summed E-state index contributed by atoms with van der Waals surface area (Å²) in [5, 5.41) is 5.93. The van der Waals surface area contributed by atoms with Gasteiger partial charge in [-0.15, -0.1) is 0 Å². The first-order valence-electron chi connectivity index (χ1n) is 13.3. The normalized spacial score (nSPS) is 12.8. The third-order valence-corrected chi connectivity index (χ3v) is 6.48. The van der Waals surface area contributed by atoms with Crippen LogP contribution in [0.2, 0.25) is 0 Å². The van der Waals surface area contributed by atoms with Gasteiger partial charge < -0.3 is 25.5 Å². The van der Waals surface area contributed by atoms with Gasteiger partial charge in [0.2, 0.25) is 5.91 Å². The van der Waals surface area contributed by atoms with Crippen LogP contribution in [0.1, 0.15) is 42.3 Å². The van der Waals surface area contributed by atoms with Gasteiger partial charge >= 0.3 is 0 Å². The van der Waals surface area contributed by atoms with Gasteiger partial charge in [-0.1, -0.05) is 30.3 Å². The van der Waals surface area contributed by atoms with E-state index in [0.717, 1.165) is 39.2 Å². The van der Waals surface area contributed by atoms with Crippen molar-refractivity contribution in [2.45, 2.75) is 52.3 Å². The van der Waals surface area contributed by atoms with Gasteiger partial charge in [0.25, 0.3) is 5.91 Å². The molecule has 4 N–H and O–H groups in total. The number of hydrogen-bond acceptors (Lipinski definition) is 5. The minimum Gasteiger partial charge on any atom is -0.491 e. The van der Waals surface area contributed by atoms with Crippen LogP contribution in [0, 0.1) is 6.92 Å². The molecule has 2 heterocycles. The van der Waals surface area contributed by atoms with Crippen LogP contribution >= 0.6 is 0 Å². The molecule has 0 saturated heterocycles. The Labute approximate surface area is 230 Å². The summed E-state index contributed by atoms with van der Waals surface area (Å²) in [7, 11) is 2.04. The first-order valence-corrected chi connectivity index (χ1v) is 13.3. The van der Waals surface area contributed by atoms with E-state index in [1.807, 2.05) is 93.9 Å². The lowest BCUT2D eigenvalue weighted by Crippen LogP contribution is -2.48. The molecule has 0 spiro atoms. The second-order valence-corrected chi connectivity index (χ2v) is 10.3. The number of imidazole rings is 1. The molecule has 0 aliphatic carbocycles. The molecule has 2 aromatic heterocycles. The summed E-state index contributed by atoms with van der Waals surface area (Å²) in [6.45, 7) is 7.73. The average Bonchev–Trinajstić information content (AvgIpc) is 3.34. The van der Waals surface area contributed by atoms with Gasteiger partial charge in [0, 0.05) is 30.1 Å². The van der Waals surface area contributed by atoms with Crippen molar-refractivity contribution in [2.24, 2.45) is 5.73 Å². The highest BCUT2D eigenvalue weighted by Crippen LogP contribution is 2.22. The van der Waals surface area contributed by atoms with Crippen molar-refractivity contribution >= 4 is 30.8 Å². The molecule has 0 radical (unpaired) electrons. The Hall–Kier alpha value is -4.11. The number of ether oxygens (including phenoxy) is 1. The van der Waals surface area contributed by atoms with Gasteiger partial charge in [0.1, 0.15) is 19.2 Å². The number of pyridine rings is 1. The molecule has 202 valence electrons. The SMILES string of the molecule is Bc1cccn2cc(-c3ccc(C[C@@H](CNC(=O)[C@H](C)N)NC(=O)c4ccc(OC(C)C)c(C)c4)cc3)nc12. The van der Waals surface area contributed by atoms with E-state index in [1.165, 1.54) is 0 Å². The molecule has 0 aliphatic rings. The maximum absolute atomic E-state index is 13.2. The van der Waals surface area contributed by atoms with Gasteiger partial charge in [0.15, 0.2) is 0 Å². The van der Waals surface area contributed by atoms with Gasteiger partial charge in [-0.05, 0) is 75.0 Å². The standard InChI is InChI=1S/C30H36BN5O3/c1-18(2)39-27-12-11-23(14-19(27)3)30(38)34-24(16-33-29(37)20(4)32)15-21-7-9-22(10-8-21)26-17-36-13-5-6-25(31)28(36)35-26/h5-14,17-18,20,24H,15-16,31-32H2,1-4H3,(H,33,37)(H,34,38)/t20-,24-/m0/s1. The maximum atomic E-state index is 13.2. The monoisotopic (exact) mass is 525 g/mol. The molecule has 0 unspecified atom stereocenters. The molecule has 0 saturated carbocycles. The van der Waals surface area contributed by atoms with Crippen molar-refractivity contribution in [1.29, 1.82) is 0 Å². The van der Waals surface area contributed by atoms with Crippen LogP contribution in [0.5, 0.6) is 5.75 Å². The molecule has 4 rings (SSSR count). The number of hydrogen-bond donors (Lipinski definition) is 3. The number of rotatable bonds is 10. The molecule has 0 aliphatic heterocycles. The fraction of sp³-hybridized carbons (Fsp3) is 0.300. The van der Waals surface area contributed by atoms with E-state index in [4.69, 9.17) is 15.5 Å². The van der Waals surface area contributed by atoms with Crippen LogP contribution in [0.4, 0.5) is 0 Å². The molecule has 0 bridgehead atoms. The number of amides is 2. The number of carbonyl (C=O) groups is 2. The average molecular weight is 525 g/mol. The van der Waals surface area contributed by atoms with Crippen molar-refractivity contribution in [2.75, 3.05) is 6.54 Å². The van der Waals surface area contributed by atoms with Crippen molar-refractivity contribution in [3.05, 3.63) is 83.7 Å². The van der Waals surface area contributed by atoms with Crippen molar-refractivity contribution < 1.29 is 14.3 Å². The van der Waals surface area contributed by atoms with Gasteiger partial charge in [-0.25, -0.2) is 4.98 Å². The molecular formula is C30H36BN5O3. The first kappa shape index (κ1) is 27.9. The summed E-state index contributed by atoms with van der Waals surface area (Å²) in [6.07, 6.45) is 4.58. The predicted octanol–water partition coefficient (Wildman–Crippen LogP) is 2.16. The van der Waals surface area contributed by atoms with E-state index >= 15 is 0 Å². The van der Waals surface area contributed by atoms with E-state index in [1.54, 1.807) is 13.0 Å². The predicted molar refractivity (Wildman–Crippen MR) is 157 cm³/mol. The summed E-state index contributed by atoms with van der Waals surface area (Å²) < 4.78 is 7.82. The number of fused-ring (bicyclic) bond motifs is 1. The molecule has 39 heavy (non-hydrogen) atoms. The van der Waals surface area contributed by atoms with Gasteiger partial charge in [-0.3, -0.25) is 9.59 Å². The molecule has 2 amide bonds. The lowest BCUT2D eigenvalue weighted by Gasteiger charge is -2.21. The zero-order valence-electron chi connectivity index (χ0n) is 23.2. The quantitative estimate of drug-likeness (QED) is 0.275. The number of aromatic nitrogens is 2. The van der Waals surface area contributed by atoms with Crippen LogP contribution < -0.4 is 26.6 Å². The third-order valence-electron chi connectivity index (χ3n) is 6.48. The third kappa shape index (κ3) is 7.06. The van der Waals surface area contributed by atoms with Crippen molar-refractivity contribution in [3.63, 3.8) is 0 Å². The summed E-state index contributed by atoms with van der Waals surface area (Å²) in [6, 6.07) is 16.6. The van der Waals surface area contributed by atoms with E-state index in [-0.39, 0.29) is 30.5 Å². The number of nitrogens with one attached hydrogen (secondary N) is 2. The van der Waals surface area contributed by atoms with Crippen LogP contribution in [0.3, 0.4) is 0 Å². The molecule has 8 nitrogen and oxygen atoms in total. The van der Waals surface area contributed by atoms with E-state index in [2.05, 4.69) is 10.6 Å². The van der Waals surface area contributed by atoms with Gasteiger partial charge in [0.05, 0.1) is 23.9 Å². The highest BCUT2D eigenvalue weighted by atomic mass is 16.5. The summed E-state index contributed by atoms with van der Waals surface area (Å²) in [4.78, 5) is 30.1. The number of nitrogens with two attached hydrogens (primary N) is 1. The number of benzene rings is 2. The molecular weight excluding hydrogens is 489 g/mol. The molecule has 4 aromatic rings. The number of aryl methyl sites for hydroxylation is 1. The Morgan fingerprint density at radius 3 is 2.49 bits per heavy atom. The first-order chi connectivity index (χ1) is 18.6. The zero-order chi connectivity index (χ0) is 28.1. The summed E-state index contributed by atoms with van der Waals surface area (Å²) in [5.74, 6) is 0.270. The fourth-order valence-corrected chi connectivity index (χ4v) is 4.39. The van der Waals surface area contributed by atoms with E-state index in [9.17, 15) is 9.59 Å². The Balaban J connectivity index is 1.49. The molecule has 2 aromatic carbocycles. The van der Waals surface area contributed by atoms with Crippen LogP contribution in [0.25, 0.3) is 16.9 Å².